The van der Waals surface area contributed by atoms with Gasteiger partial charge in [0.2, 0.25) is 5.91 Å². The van der Waals surface area contributed by atoms with Gasteiger partial charge in [-0.3, -0.25) is 4.79 Å². The van der Waals surface area contributed by atoms with Gasteiger partial charge in [-0.05, 0) is 77.8 Å². The van der Waals surface area contributed by atoms with E-state index in [4.69, 9.17) is 0 Å². The highest BCUT2D eigenvalue weighted by Gasteiger charge is 2.57. The van der Waals surface area contributed by atoms with Gasteiger partial charge < -0.3 is 10.6 Å². The van der Waals surface area contributed by atoms with Gasteiger partial charge in [0.15, 0.2) is 0 Å². The minimum Gasteiger partial charge on any atom is -0.356 e. The average Bonchev–Trinajstić information content (AvgIpc) is 3.17. The molecular weight excluding hydrogens is 335 g/mol. The van der Waals surface area contributed by atoms with Crippen molar-refractivity contribution < 1.29 is 9.18 Å². The third-order valence-electron chi connectivity index (χ3n) is 4.80. The molecule has 3 rings (SSSR count). The van der Waals surface area contributed by atoms with Gasteiger partial charge in [0.05, 0.1) is 4.47 Å². The van der Waals surface area contributed by atoms with Crippen molar-refractivity contribution in [1.82, 2.24) is 10.6 Å². The quantitative estimate of drug-likeness (QED) is 0.872. The maximum Gasteiger partial charge on any atom is 0.223 e. The van der Waals surface area contributed by atoms with Crippen molar-refractivity contribution in [2.24, 2.45) is 11.3 Å². The molecule has 1 unspecified atom stereocenters. The van der Waals surface area contributed by atoms with Crippen LogP contribution in [0.2, 0.25) is 0 Å². The van der Waals surface area contributed by atoms with Gasteiger partial charge in [-0.1, -0.05) is 6.07 Å². The van der Waals surface area contributed by atoms with Gasteiger partial charge in [-0.15, -0.1) is 0 Å². The molecule has 2 fully saturated rings. The molecule has 1 saturated carbocycles. The van der Waals surface area contributed by atoms with Gasteiger partial charge in [0.1, 0.15) is 5.82 Å². The normalized spacial score (nSPS) is 23.0. The van der Waals surface area contributed by atoms with Crippen LogP contribution in [0, 0.1) is 17.2 Å². The van der Waals surface area contributed by atoms with Gasteiger partial charge in [-0.2, -0.15) is 0 Å². The van der Waals surface area contributed by atoms with Gasteiger partial charge in [0, 0.05) is 12.5 Å². The minimum atomic E-state index is -0.256. The van der Waals surface area contributed by atoms with Gasteiger partial charge in [-0.25, -0.2) is 4.39 Å². The minimum absolute atomic E-state index is 0.193. The average molecular weight is 355 g/mol. The molecule has 0 bridgehead atoms. The van der Waals surface area contributed by atoms with Crippen LogP contribution in [-0.2, 0) is 11.2 Å². The fourth-order valence-corrected chi connectivity index (χ4v) is 3.77. The third kappa shape index (κ3) is 3.29. The first-order chi connectivity index (χ1) is 10.1. The van der Waals surface area contributed by atoms with E-state index in [2.05, 4.69) is 26.6 Å². The Morgan fingerprint density at radius 1 is 1.43 bits per heavy atom. The molecule has 1 aliphatic carbocycles. The first-order valence-corrected chi connectivity index (χ1v) is 8.32. The van der Waals surface area contributed by atoms with Crippen LogP contribution >= 0.6 is 15.9 Å². The number of carbonyl (C=O) groups is 1. The Balaban J connectivity index is 1.45. The summed E-state index contributed by atoms with van der Waals surface area (Å²) in [4.78, 5) is 12.2. The zero-order valence-corrected chi connectivity index (χ0v) is 13.5. The molecule has 1 atom stereocenters. The lowest BCUT2D eigenvalue weighted by atomic mass is 9.92. The van der Waals surface area contributed by atoms with E-state index in [9.17, 15) is 9.18 Å². The molecule has 1 saturated heterocycles. The van der Waals surface area contributed by atoms with Crippen LogP contribution in [0.15, 0.2) is 22.7 Å². The number of piperidine rings is 1. The molecule has 2 N–H and O–H groups in total. The Morgan fingerprint density at radius 2 is 2.19 bits per heavy atom. The van der Waals surface area contributed by atoms with E-state index in [1.54, 1.807) is 12.1 Å². The maximum absolute atomic E-state index is 13.1. The summed E-state index contributed by atoms with van der Waals surface area (Å²) in [6.45, 7) is 2.68. The summed E-state index contributed by atoms with van der Waals surface area (Å²) in [6.07, 6.45) is 4.01. The predicted octanol–water partition coefficient (Wildman–Crippen LogP) is 2.64. The summed E-state index contributed by atoms with van der Waals surface area (Å²) in [5, 5.41) is 6.38. The molecule has 114 valence electrons. The summed E-state index contributed by atoms with van der Waals surface area (Å²) >= 11 is 3.18. The van der Waals surface area contributed by atoms with Crippen LogP contribution < -0.4 is 10.6 Å². The summed E-state index contributed by atoms with van der Waals surface area (Å²) in [6, 6.07) is 4.98. The number of amides is 1. The van der Waals surface area contributed by atoms with Gasteiger partial charge >= 0.3 is 0 Å². The lowest BCUT2D eigenvalue weighted by Crippen LogP contribution is -2.34. The van der Waals surface area contributed by atoms with Crippen LogP contribution in [0.5, 0.6) is 0 Å². The highest BCUT2D eigenvalue weighted by molar-refractivity contribution is 9.10. The van der Waals surface area contributed by atoms with E-state index in [0.717, 1.165) is 44.3 Å². The van der Waals surface area contributed by atoms with Crippen molar-refractivity contribution in [3.8, 4) is 0 Å². The molecule has 5 heteroatoms. The monoisotopic (exact) mass is 354 g/mol. The second-order valence-corrected chi connectivity index (χ2v) is 7.01. The number of rotatable bonds is 4. The van der Waals surface area contributed by atoms with Crippen molar-refractivity contribution in [3.63, 3.8) is 0 Å². The lowest BCUT2D eigenvalue weighted by molar-refractivity contribution is -0.123. The largest absolute Gasteiger partial charge is 0.356 e. The lowest BCUT2D eigenvalue weighted by Gasteiger charge is -2.23. The molecule has 1 amide bonds. The van der Waals surface area contributed by atoms with E-state index in [0.29, 0.717) is 11.0 Å². The van der Waals surface area contributed by atoms with E-state index in [1.165, 1.54) is 6.07 Å². The number of carbonyl (C=O) groups excluding carboxylic acids is 1. The highest BCUT2D eigenvalue weighted by atomic mass is 79.9. The number of nitrogens with one attached hydrogen (secondary N) is 2. The Morgan fingerprint density at radius 3 is 2.90 bits per heavy atom. The molecule has 1 aromatic carbocycles. The van der Waals surface area contributed by atoms with Crippen LogP contribution in [0.1, 0.15) is 24.8 Å². The molecule has 1 heterocycles. The third-order valence-corrected chi connectivity index (χ3v) is 5.41. The first kappa shape index (κ1) is 15.0. The standard InChI is InChI=1S/C16H20BrFN2O/c17-13-9-11(1-2-14(13)18)3-6-20-15(21)12-10-16(12)4-7-19-8-5-16/h1-2,9,12,19H,3-8,10H2,(H,20,21). The summed E-state index contributed by atoms with van der Waals surface area (Å²) in [7, 11) is 0. The van der Waals surface area contributed by atoms with Crippen LogP contribution in [0.3, 0.4) is 0 Å². The summed E-state index contributed by atoms with van der Waals surface area (Å²) < 4.78 is 13.6. The Hall–Kier alpha value is -0.940. The molecule has 1 spiro atoms. The second-order valence-electron chi connectivity index (χ2n) is 6.16. The summed E-state index contributed by atoms with van der Waals surface area (Å²) in [5.74, 6) is 0.145. The second kappa shape index (κ2) is 6.05. The maximum atomic E-state index is 13.1. The molecular formula is C16H20BrFN2O. The molecule has 3 nitrogen and oxygen atoms in total. The van der Waals surface area contributed by atoms with Crippen molar-refractivity contribution in [1.29, 1.82) is 0 Å². The fraction of sp³-hybridized carbons (Fsp3) is 0.562. The van der Waals surface area contributed by atoms with Crippen LogP contribution in [-0.4, -0.2) is 25.5 Å². The number of hydrogen-bond acceptors (Lipinski definition) is 2. The SMILES string of the molecule is O=C(NCCc1ccc(F)c(Br)c1)C1CC12CCNCC2. The van der Waals surface area contributed by atoms with Crippen molar-refractivity contribution in [2.75, 3.05) is 19.6 Å². The van der Waals surface area contributed by atoms with Crippen LogP contribution in [0.4, 0.5) is 4.39 Å². The van der Waals surface area contributed by atoms with E-state index in [-0.39, 0.29) is 23.1 Å². The zero-order valence-electron chi connectivity index (χ0n) is 11.9. The Labute approximate surface area is 132 Å². The van der Waals surface area contributed by atoms with E-state index >= 15 is 0 Å². The first-order valence-electron chi connectivity index (χ1n) is 7.53. The molecule has 21 heavy (non-hydrogen) atoms. The molecule has 2 aliphatic rings. The Bertz CT molecular complexity index is 543. The Kier molecular flexibility index (Phi) is 4.31. The van der Waals surface area contributed by atoms with Crippen molar-refractivity contribution in [3.05, 3.63) is 34.1 Å². The fourth-order valence-electron chi connectivity index (χ4n) is 3.34. The van der Waals surface area contributed by atoms with Crippen LogP contribution in [0.25, 0.3) is 0 Å². The van der Waals surface area contributed by atoms with Crippen molar-refractivity contribution in [2.45, 2.75) is 25.7 Å². The number of benzene rings is 1. The highest BCUT2D eigenvalue weighted by Crippen LogP contribution is 2.58. The van der Waals surface area contributed by atoms with E-state index < -0.39 is 0 Å². The topological polar surface area (TPSA) is 41.1 Å². The molecule has 1 aromatic rings. The van der Waals surface area contributed by atoms with E-state index in [1.807, 2.05) is 0 Å². The van der Waals surface area contributed by atoms with Crippen molar-refractivity contribution >= 4 is 21.8 Å². The number of halogens is 2. The van der Waals surface area contributed by atoms with Gasteiger partial charge in [0.25, 0.3) is 0 Å². The molecule has 0 radical (unpaired) electrons. The molecule has 1 aliphatic heterocycles. The smallest absolute Gasteiger partial charge is 0.223 e. The summed E-state index contributed by atoms with van der Waals surface area (Å²) in [5.41, 5.74) is 1.31. The predicted molar refractivity (Wildman–Crippen MR) is 83.5 cm³/mol. The number of hydrogen-bond donors (Lipinski definition) is 2. The molecule has 0 aromatic heterocycles. The zero-order chi connectivity index (χ0) is 14.9.